The lowest BCUT2D eigenvalue weighted by molar-refractivity contribution is -0.136. The number of rotatable bonds is 12. The number of piperidine rings is 1. The number of urea groups is 1. The van der Waals surface area contributed by atoms with Crippen molar-refractivity contribution in [3.05, 3.63) is 35.9 Å². The van der Waals surface area contributed by atoms with Gasteiger partial charge in [0.15, 0.2) is 0 Å². The summed E-state index contributed by atoms with van der Waals surface area (Å²) in [5.74, 6) is 0.362. The number of hydrogen-bond donors (Lipinski definition) is 0. The van der Waals surface area contributed by atoms with E-state index in [9.17, 15) is 9.59 Å². The summed E-state index contributed by atoms with van der Waals surface area (Å²) < 4.78 is 0. The highest BCUT2D eigenvalue weighted by Crippen LogP contribution is 2.38. The first-order chi connectivity index (χ1) is 15.5. The number of imide groups is 1. The van der Waals surface area contributed by atoms with Crippen molar-refractivity contribution in [1.82, 2.24) is 14.7 Å². The molecule has 0 unspecified atom stereocenters. The van der Waals surface area contributed by atoms with E-state index >= 15 is 0 Å². The van der Waals surface area contributed by atoms with Gasteiger partial charge in [0.2, 0.25) is 0 Å². The Bertz CT molecular complexity index is 732. The van der Waals surface area contributed by atoms with Crippen LogP contribution in [0, 0.1) is 5.92 Å². The van der Waals surface area contributed by atoms with E-state index in [0.717, 1.165) is 45.3 Å². The van der Waals surface area contributed by atoms with Gasteiger partial charge in [0.05, 0.1) is 0 Å². The van der Waals surface area contributed by atoms with Crippen LogP contribution >= 0.6 is 12.4 Å². The molecule has 3 amide bonds. The van der Waals surface area contributed by atoms with Crippen molar-refractivity contribution in [2.24, 2.45) is 5.92 Å². The molecule has 1 aromatic carbocycles. The average molecular weight is 478 g/mol. The van der Waals surface area contributed by atoms with Gasteiger partial charge in [-0.15, -0.1) is 12.4 Å². The minimum atomic E-state index is -0.590. The standard InChI is InChI=1S/C27H43N3O2.ClH/c1-4-5-19-30-26(32)29(22-23(2)3)25(31)27(30)16-20-28(21-17-27)18-12-7-6-9-13-24-14-10-8-11-15-24;/h8,10-11,14-15,23H,4-7,9,12-13,16-22H2,1-3H3;1H. The van der Waals surface area contributed by atoms with Crippen molar-refractivity contribution < 1.29 is 9.59 Å². The first kappa shape index (κ1) is 27.7. The summed E-state index contributed by atoms with van der Waals surface area (Å²) in [7, 11) is 0. The average Bonchev–Trinajstić information content (AvgIpc) is 2.97. The Kier molecular flexibility index (Phi) is 11.2. The highest BCUT2D eigenvalue weighted by molar-refractivity contribution is 6.07. The monoisotopic (exact) mass is 477 g/mol. The zero-order chi connectivity index (χ0) is 23.0. The fourth-order valence-corrected chi connectivity index (χ4v) is 5.23. The number of unbranched alkanes of at least 4 members (excludes halogenated alkanes) is 4. The summed E-state index contributed by atoms with van der Waals surface area (Å²) >= 11 is 0. The number of hydrogen-bond acceptors (Lipinski definition) is 3. The van der Waals surface area contributed by atoms with Gasteiger partial charge in [-0.3, -0.25) is 9.69 Å². The molecule has 0 radical (unpaired) electrons. The van der Waals surface area contributed by atoms with E-state index in [1.807, 2.05) is 4.90 Å². The molecule has 186 valence electrons. The van der Waals surface area contributed by atoms with Crippen molar-refractivity contribution in [2.45, 2.75) is 84.1 Å². The molecule has 0 bridgehead atoms. The van der Waals surface area contributed by atoms with Crippen LogP contribution in [0.15, 0.2) is 30.3 Å². The molecule has 2 aliphatic rings. The van der Waals surface area contributed by atoms with Gasteiger partial charge in [-0.2, -0.15) is 0 Å². The molecule has 2 aliphatic heterocycles. The molecule has 1 spiro atoms. The predicted octanol–water partition coefficient (Wildman–Crippen LogP) is 5.77. The number of nitrogens with zero attached hydrogens (tertiary/aromatic N) is 3. The van der Waals surface area contributed by atoms with Crippen LogP contribution in [0.3, 0.4) is 0 Å². The minimum Gasteiger partial charge on any atom is -0.309 e. The molecular weight excluding hydrogens is 434 g/mol. The largest absolute Gasteiger partial charge is 0.327 e. The Morgan fingerprint density at radius 3 is 2.21 bits per heavy atom. The van der Waals surface area contributed by atoms with E-state index < -0.39 is 5.54 Å². The Morgan fingerprint density at radius 1 is 0.909 bits per heavy atom. The Morgan fingerprint density at radius 2 is 1.58 bits per heavy atom. The molecule has 0 atom stereocenters. The third-order valence-corrected chi connectivity index (χ3v) is 7.12. The van der Waals surface area contributed by atoms with E-state index in [4.69, 9.17) is 0 Å². The third kappa shape index (κ3) is 6.95. The van der Waals surface area contributed by atoms with Crippen molar-refractivity contribution in [3.63, 3.8) is 0 Å². The summed E-state index contributed by atoms with van der Waals surface area (Å²) in [4.78, 5) is 32.5. The lowest BCUT2D eigenvalue weighted by Crippen LogP contribution is -2.56. The van der Waals surface area contributed by atoms with Crippen LogP contribution in [0.25, 0.3) is 0 Å². The van der Waals surface area contributed by atoms with Crippen molar-refractivity contribution in [3.8, 4) is 0 Å². The van der Waals surface area contributed by atoms with E-state index in [0.29, 0.717) is 19.0 Å². The van der Waals surface area contributed by atoms with Crippen molar-refractivity contribution in [2.75, 3.05) is 32.7 Å². The molecule has 0 N–H and O–H groups in total. The van der Waals surface area contributed by atoms with Gasteiger partial charge in [0, 0.05) is 26.2 Å². The second-order valence-corrected chi connectivity index (χ2v) is 10.1. The number of carbonyl (C=O) groups excluding carboxylic acids is 2. The van der Waals surface area contributed by atoms with Crippen molar-refractivity contribution in [1.29, 1.82) is 0 Å². The molecule has 2 heterocycles. The van der Waals surface area contributed by atoms with E-state index in [1.165, 1.54) is 37.7 Å². The Labute approximate surface area is 207 Å². The first-order valence-corrected chi connectivity index (χ1v) is 12.9. The summed E-state index contributed by atoms with van der Waals surface area (Å²) in [6.45, 7) is 10.5. The van der Waals surface area contributed by atoms with Crippen LogP contribution in [0.4, 0.5) is 4.79 Å². The van der Waals surface area contributed by atoms with Gasteiger partial charge in [-0.05, 0) is 56.6 Å². The van der Waals surface area contributed by atoms with Gasteiger partial charge in [-0.1, -0.05) is 70.4 Å². The maximum absolute atomic E-state index is 13.4. The molecular formula is C27H44ClN3O2. The molecule has 1 aromatic rings. The fourth-order valence-electron chi connectivity index (χ4n) is 5.23. The lowest BCUT2D eigenvalue weighted by atomic mass is 9.85. The van der Waals surface area contributed by atoms with Gasteiger partial charge >= 0.3 is 6.03 Å². The summed E-state index contributed by atoms with van der Waals surface area (Å²) in [5, 5.41) is 0. The van der Waals surface area contributed by atoms with Gasteiger partial charge in [-0.25, -0.2) is 4.79 Å². The molecule has 33 heavy (non-hydrogen) atoms. The van der Waals surface area contributed by atoms with Crippen LogP contribution in [0.1, 0.15) is 77.7 Å². The van der Waals surface area contributed by atoms with Crippen LogP contribution in [0.5, 0.6) is 0 Å². The highest BCUT2D eigenvalue weighted by atomic mass is 35.5. The maximum atomic E-state index is 13.4. The van der Waals surface area contributed by atoms with Crippen LogP contribution in [-0.4, -0.2) is 64.9 Å². The number of aryl methyl sites for hydroxylation is 1. The summed E-state index contributed by atoms with van der Waals surface area (Å²) in [6, 6.07) is 10.7. The van der Waals surface area contributed by atoms with Gasteiger partial charge in [0.1, 0.15) is 5.54 Å². The van der Waals surface area contributed by atoms with Crippen LogP contribution < -0.4 is 0 Å². The molecule has 0 aromatic heterocycles. The zero-order valence-electron chi connectivity index (χ0n) is 20.9. The van der Waals surface area contributed by atoms with Crippen LogP contribution in [0.2, 0.25) is 0 Å². The quantitative estimate of drug-likeness (QED) is 0.283. The predicted molar refractivity (Wildman–Crippen MR) is 138 cm³/mol. The Balaban J connectivity index is 0.00000385. The van der Waals surface area contributed by atoms with Gasteiger partial charge in [0.25, 0.3) is 5.91 Å². The van der Waals surface area contributed by atoms with E-state index in [2.05, 4.69) is 56.0 Å². The number of amides is 3. The lowest BCUT2D eigenvalue weighted by Gasteiger charge is -2.42. The summed E-state index contributed by atoms with van der Waals surface area (Å²) in [6.07, 6.45) is 9.73. The topological polar surface area (TPSA) is 43.9 Å². The first-order valence-electron chi connectivity index (χ1n) is 12.9. The molecule has 3 rings (SSSR count). The zero-order valence-corrected chi connectivity index (χ0v) is 21.7. The highest BCUT2D eigenvalue weighted by Gasteiger charge is 2.57. The number of halogens is 1. The van der Waals surface area contributed by atoms with E-state index in [1.54, 1.807) is 4.90 Å². The number of likely N-dealkylation sites (tertiary alicyclic amines) is 1. The van der Waals surface area contributed by atoms with Crippen LogP contribution in [-0.2, 0) is 11.2 Å². The fraction of sp³-hybridized carbons (Fsp3) is 0.704. The molecule has 6 heteroatoms. The smallest absolute Gasteiger partial charge is 0.309 e. The number of benzene rings is 1. The molecule has 5 nitrogen and oxygen atoms in total. The van der Waals surface area contributed by atoms with Gasteiger partial charge < -0.3 is 9.80 Å². The molecule has 0 aliphatic carbocycles. The summed E-state index contributed by atoms with van der Waals surface area (Å²) in [5.41, 5.74) is 0.844. The van der Waals surface area contributed by atoms with Crippen molar-refractivity contribution >= 4 is 24.3 Å². The molecule has 2 saturated heterocycles. The third-order valence-electron chi connectivity index (χ3n) is 7.12. The second-order valence-electron chi connectivity index (χ2n) is 10.1. The molecule has 0 saturated carbocycles. The second kappa shape index (κ2) is 13.3. The minimum absolute atomic E-state index is 0. The Hall–Kier alpha value is -1.59. The van der Waals surface area contributed by atoms with E-state index in [-0.39, 0.29) is 24.3 Å². The normalized spacial score (nSPS) is 18.4. The number of carbonyl (C=O) groups is 2. The molecule has 2 fully saturated rings. The maximum Gasteiger partial charge on any atom is 0.327 e. The SMILES string of the molecule is CCCCN1C(=O)N(CC(C)C)C(=O)C12CCN(CCCCCCc1ccccc1)CC2.Cl.